The molecule has 1 saturated carbocycles. The summed E-state index contributed by atoms with van der Waals surface area (Å²) in [4.78, 5) is 2.64. The lowest BCUT2D eigenvalue weighted by atomic mass is 9.85. The maximum Gasteiger partial charge on any atom is 0.0749 e. The van der Waals surface area contributed by atoms with Gasteiger partial charge in [-0.1, -0.05) is 36.5 Å². The maximum atomic E-state index is 9.75. The minimum Gasteiger partial charge on any atom is -0.389 e. The van der Waals surface area contributed by atoms with Gasteiger partial charge in [-0.2, -0.15) is 0 Å². The smallest absolute Gasteiger partial charge is 0.0749 e. The van der Waals surface area contributed by atoms with E-state index in [2.05, 4.69) is 10.0 Å². The molecule has 1 N–H and O–H groups in total. The molecule has 0 heterocycles. The number of rotatable bonds is 4. The molecule has 1 unspecified atom stereocenters. The van der Waals surface area contributed by atoms with Gasteiger partial charge in [-0.05, 0) is 24.3 Å². The topological polar surface area (TPSA) is 69.0 Å². The van der Waals surface area contributed by atoms with Crippen molar-refractivity contribution in [3.63, 3.8) is 0 Å². The summed E-state index contributed by atoms with van der Waals surface area (Å²) in [6.07, 6.45) is 9.12. The molecular formula is C10H17N3O. The highest BCUT2D eigenvalue weighted by Gasteiger charge is 2.18. The molecule has 1 rings (SSSR count). The van der Waals surface area contributed by atoms with Crippen molar-refractivity contribution in [2.45, 2.75) is 38.2 Å². The molecule has 4 heteroatoms. The summed E-state index contributed by atoms with van der Waals surface area (Å²) < 4.78 is 0. The highest BCUT2D eigenvalue weighted by atomic mass is 16.3. The van der Waals surface area contributed by atoms with Crippen molar-refractivity contribution in [1.29, 1.82) is 0 Å². The van der Waals surface area contributed by atoms with Crippen LogP contribution in [0.15, 0.2) is 17.3 Å². The summed E-state index contributed by atoms with van der Waals surface area (Å²) in [6, 6.07) is 0. The second-order valence-corrected chi connectivity index (χ2v) is 3.73. The first-order valence-corrected chi connectivity index (χ1v) is 5.20. The van der Waals surface area contributed by atoms with Crippen molar-refractivity contribution >= 4 is 0 Å². The summed E-state index contributed by atoms with van der Waals surface area (Å²) in [5.74, 6) is 0.408. The fourth-order valence-corrected chi connectivity index (χ4v) is 1.92. The van der Waals surface area contributed by atoms with Gasteiger partial charge >= 0.3 is 0 Å². The second-order valence-electron chi connectivity index (χ2n) is 3.73. The molecule has 1 aliphatic carbocycles. The quantitative estimate of drug-likeness (QED) is 0.318. The van der Waals surface area contributed by atoms with Crippen LogP contribution in [0.2, 0.25) is 0 Å². The molecule has 0 saturated heterocycles. The zero-order valence-corrected chi connectivity index (χ0v) is 8.34. The average Bonchev–Trinajstić information content (AvgIpc) is 2.25. The third-order valence-corrected chi connectivity index (χ3v) is 2.72. The molecule has 1 atom stereocenters. The molecule has 14 heavy (non-hydrogen) atoms. The van der Waals surface area contributed by atoms with Crippen LogP contribution < -0.4 is 0 Å². The van der Waals surface area contributed by atoms with Gasteiger partial charge in [-0.3, -0.25) is 0 Å². The van der Waals surface area contributed by atoms with Gasteiger partial charge in [0.2, 0.25) is 0 Å². The summed E-state index contributed by atoms with van der Waals surface area (Å²) in [6.45, 7) is 0.334. The van der Waals surface area contributed by atoms with Crippen LogP contribution in [-0.4, -0.2) is 17.8 Å². The monoisotopic (exact) mass is 195 g/mol. The lowest BCUT2D eigenvalue weighted by molar-refractivity contribution is 0.125. The zero-order valence-electron chi connectivity index (χ0n) is 8.34. The Labute approximate surface area is 84.3 Å². The van der Waals surface area contributed by atoms with Gasteiger partial charge in [0.05, 0.1) is 6.10 Å². The van der Waals surface area contributed by atoms with E-state index in [0.29, 0.717) is 12.5 Å². The summed E-state index contributed by atoms with van der Waals surface area (Å²) in [5.41, 5.74) is 8.04. The Kier molecular flexibility index (Phi) is 5.12. The fraction of sp³-hybridized carbons (Fsp3) is 0.800. The Morgan fingerprint density at radius 2 is 2.14 bits per heavy atom. The van der Waals surface area contributed by atoms with E-state index in [4.69, 9.17) is 5.53 Å². The van der Waals surface area contributed by atoms with Gasteiger partial charge in [0.15, 0.2) is 0 Å². The molecule has 1 aliphatic rings. The van der Waals surface area contributed by atoms with E-state index in [1.54, 1.807) is 12.2 Å². The summed E-state index contributed by atoms with van der Waals surface area (Å²) in [5, 5.41) is 13.1. The molecule has 1 fully saturated rings. The van der Waals surface area contributed by atoms with Crippen LogP contribution in [-0.2, 0) is 0 Å². The second kappa shape index (κ2) is 6.46. The third-order valence-electron chi connectivity index (χ3n) is 2.72. The van der Waals surface area contributed by atoms with E-state index in [-0.39, 0.29) is 6.10 Å². The summed E-state index contributed by atoms with van der Waals surface area (Å²) >= 11 is 0. The molecule has 0 aromatic heterocycles. The first kappa shape index (κ1) is 11.1. The van der Waals surface area contributed by atoms with E-state index < -0.39 is 0 Å². The first-order chi connectivity index (χ1) is 6.84. The molecule has 0 bridgehead atoms. The van der Waals surface area contributed by atoms with Crippen molar-refractivity contribution in [2.24, 2.45) is 11.0 Å². The van der Waals surface area contributed by atoms with Crippen molar-refractivity contribution in [3.05, 3.63) is 22.6 Å². The van der Waals surface area contributed by atoms with E-state index in [0.717, 1.165) is 12.8 Å². The molecule has 4 nitrogen and oxygen atoms in total. The van der Waals surface area contributed by atoms with Crippen molar-refractivity contribution in [3.8, 4) is 0 Å². The Morgan fingerprint density at radius 3 is 2.79 bits per heavy atom. The largest absolute Gasteiger partial charge is 0.389 e. The summed E-state index contributed by atoms with van der Waals surface area (Å²) in [7, 11) is 0. The van der Waals surface area contributed by atoms with Crippen LogP contribution in [0, 0.1) is 5.92 Å². The number of aliphatic hydroxyl groups excluding tert-OH is 1. The molecule has 0 amide bonds. The van der Waals surface area contributed by atoms with E-state index in [9.17, 15) is 5.11 Å². The van der Waals surface area contributed by atoms with Gasteiger partial charge in [-0.25, -0.2) is 0 Å². The van der Waals surface area contributed by atoms with Gasteiger partial charge in [-0.15, -0.1) is 0 Å². The zero-order chi connectivity index (χ0) is 10.2. The van der Waals surface area contributed by atoms with Crippen molar-refractivity contribution in [2.75, 3.05) is 6.54 Å². The first-order valence-electron chi connectivity index (χ1n) is 5.20. The number of azide groups is 1. The number of hydrogen-bond acceptors (Lipinski definition) is 2. The maximum absolute atomic E-state index is 9.75. The van der Waals surface area contributed by atoms with Crippen LogP contribution in [0.5, 0.6) is 0 Å². The molecular weight excluding hydrogens is 178 g/mol. The number of nitrogens with zero attached hydrogens (tertiary/aromatic N) is 3. The van der Waals surface area contributed by atoms with Crippen LogP contribution in [0.4, 0.5) is 0 Å². The fourth-order valence-electron chi connectivity index (χ4n) is 1.92. The Hall–Kier alpha value is -0.990. The van der Waals surface area contributed by atoms with Crippen molar-refractivity contribution < 1.29 is 5.11 Å². The minimum absolute atomic E-state index is 0.334. The lowest BCUT2D eigenvalue weighted by Crippen LogP contribution is -2.20. The van der Waals surface area contributed by atoms with Crippen LogP contribution in [0.1, 0.15) is 32.1 Å². The van der Waals surface area contributed by atoms with Gasteiger partial charge in [0, 0.05) is 11.5 Å². The van der Waals surface area contributed by atoms with E-state index in [1.165, 1.54) is 19.3 Å². The highest BCUT2D eigenvalue weighted by molar-refractivity contribution is 4.93. The molecule has 0 aliphatic heterocycles. The molecule has 78 valence electrons. The lowest BCUT2D eigenvalue weighted by Gasteiger charge is -2.24. The molecule has 0 radical (unpaired) electrons. The van der Waals surface area contributed by atoms with Gasteiger partial charge in [0.1, 0.15) is 0 Å². The molecule has 0 spiro atoms. The predicted octanol–water partition coefficient (Wildman–Crippen LogP) is 2.79. The van der Waals surface area contributed by atoms with Crippen molar-refractivity contribution in [1.82, 2.24) is 0 Å². The normalized spacial score (nSPS) is 20.6. The Morgan fingerprint density at radius 1 is 1.43 bits per heavy atom. The van der Waals surface area contributed by atoms with Crippen LogP contribution >= 0.6 is 0 Å². The molecule has 0 aromatic carbocycles. The van der Waals surface area contributed by atoms with Crippen LogP contribution in [0.3, 0.4) is 0 Å². The Bertz CT molecular complexity index is 228. The van der Waals surface area contributed by atoms with Gasteiger partial charge in [0.25, 0.3) is 0 Å². The number of hydrogen-bond donors (Lipinski definition) is 1. The average molecular weight is 195 g/mol. The van der Waals surface area contributed by atoms with E-state index >= 15 is 0 Å². The highest BCUT2D eigenvalue weighted by Crippen LogP contribution is 2.26. The third kappa shape index (κ3) is 3.81. The predicted molar refractivity (Wildman–Crippen MR) is 55.7 cm³/mol. The molecule has 0 aromatic rings. The standard InChI is InChI=1S/C10H17N3O/c11-13-12-8-4-7-10(14)9-5-2-1-3-6-9/h4,7,9-10,14H,1-3,5-6,8H2/b7-4+. The SMILES string of the molecule is [N-]=[N+]=NC/C=C/C(O)C1CCCCC1. The van der Waals surface area contributed by atoms with Crippen LogP contribution in [0.25, 0.3) is 10.4 Å². The Balaban J connectivity index is 2.28. The minimum atomic E-state index is -0.357. The van der Waals surface area contributed by atoms with E-state index in [1.807, 2.05) is 0 Å². The van der Waals surface area contributed by atoms with Gasteiger partial charge < -0.3 is 5.11 Å². The number of aliphatic hydroxyl groups is 1.